The predicted octanol–water partition coefficient (Wildman–Crippen LogP) is 10.4. The summed E-state index contributed by atoms with van der Waals surface area (Å²) in [6.07, 6.45) is 0. The van der Waals surface area contributed by atoms with Gasteiger partial charge >= 0.3 is 16.1 Å². The van der Waals surface area contributed by atoms with Crippen molar-refractivity contribution in [3.63, 3.8) is 0 Å². The molecule has 0 bridgehead atoms. The number of carbonyl (C=O) groups is 3. The fourth-order valence-corrected chi connectivity index (χ4v) is 8.50. The first kappa shape index (κ1) is 42.8. The van der Waals surface area contributed by atoms with Gasteiger partial charge in [0.2, 0.25) is 0 Å². The van der Waals surface area contributed by atoms with Gasteiger partial charge in [-0.25, -0.2) is 4.79 Å². The topological polar surface area (TPSA) is 197 Å². The fourth-order valence-electron chi connectivity index (χ4n) is 7.02. The lowest BCUT2D eigenvalue weighted by atomic mass is 9.98. The van der Waals surface area contributed by atoms with Crippen LogP contribution in [0.15, 0.2) is 174 Å². The van der Waals surface area contributed by atoms with Crippen molar-refractivity contribution in [2.24, 2.45) is 0 Å². The van der Waals surface area contributed by atoms with Crippen molar-refractivity contribution in [2.45, 2.75) is 23.6 Å². The smallest absolute Gasteiger partial charge is 0.339 e. The average molecular weight is 891 g/mol. The SMILES string of the molecule is Cc1ccc(OS(=O)(=O)c2cccc(NC(=O)c3ccc4ccc(NC(=O)Nc5ccc6ccc(C(=O)Nc7cc(S(=O)(=O)O)ccc7-c7ccccc7C)cc6c5)cc4c3)c2)cc1. The van der Waals surface area contributed by atoms with Crippen LogP contribution in [0.1, 0.15) is 31.8 Å². The van der Waals surface area contributed by atoms with Crippen molar-refractivity contribution in [3.05, 3.63) is 186 Å². The largest absolute Gasteiger partial charge is 0.379 e. The van der Waals surface area contributed by atoms with Crippen molar-refractivity contribution >= 4 is 82.4 Å². The highest BCUT2D eigenvalue weighted by molar-refractivity contribution is 7.87. The first-order valence-corrected chi connectivity index (χ1v) is 22.5. The third-order valence-corrected chi connectivity index (χ3v) is 12.4. The van der Waals surface area contributed by atoms with Gasteiger partial charge in [0.15, 0.2) is 0 Å². The molecule has 0 unspecified atom stereocenters. The zero-order chi connectivity index (χ0) is 45.2. The summed E-state index contributed by atoms with van der Waals surface area (Å²) in [5, 5.41) is 14.1. The van der Waals surface area contributed by atoms with E-state index in [1.165, 1.54) is 36.4 Å². The molecule has 15 heteroatoms. The number of aryl methyl sites for hydroxylation is 2. The van der Waals surface area contributed by atoms with Gasteiger partial charge < -0.3 is 25.5 Å². The van der Waals surface area contributed by atoms with E-state index in [-0.39, 0.29) is 32.5 Å². The molecular weight excluding hydrogens is 853 g/mol. The molecule has 0 heterocycles. The molecule has 0 aromatic heterocycles. The Labute approximate surface area is 368 Å². The van der Waals surface area contributed by atoms with Crippen LogP contribution in [0.25, 0.3) is 32.7 Å². The lowest BCUT2D eigenvalue weighted by Crippen LogP contribution is -2.19. The van der Waals surface area contributed by atoms with Crippen molar-refractivity contribution in [3.8, 4) is 16.9 Å². The van der Waals surface area contributed by atoms with Crippen LogP contribution in [0.3, 0.4) is 0 Å². The van der Waals surface area contributed by atoms with Gasteiger partial charge in [-0.3, -0.25) is 14.1 Å². The number of hydrogen-bond acceptors (Lipinski definition) is 8. The van der Waals surface area contributed by atoms with Gasteiger partial charge in [-0.2, -0.15) is 16.8 Å². The number of urea groups is 1. The van der Waals surface area contributed by atoms with Gasteiger partial charge in [0.1, 0.15) is 10.6 Å². The molecule has 0 aliphatic heterocycles. The van der Waals surface area contributed by atoms with E-state index in [1.54, 1.807) is 103 Å². The molecule has 0 aliphatic rings. The number of benzene rings is 8. The fraction of sp³-hybridized carbons (Fsp3) is 0.0408. The number of hydrogen-bond donors (Lipinski definition) is 5. The van der Waals surface area contributed by atoms with E-state index in [0.717, 1.165) is 27.5 Å². The maximum absolute atomic E-state index is 13.6. The van der Waals surface area contributed by atoms with Crippen molar-refractivity contribution in [1.29, 1.82) is 0 Å². The summed E-state index contributed by atoms with van der Waals surface area (Å²) in [6.45, 7) is 3.76. The standard InChI is InChI=1S/C49H38N4O9S2/c1-30-10-20-41(21-11-30)62-64(60,61)43-8-5-7-38(28-43)50-47(54)34-14-12-32-16-18-39(26-36(32)24-34)51-49(56)52-40-19-17-33-13-15-35(25-37(33)27-40)48(55)53-46-29-42(63(57,58)59)22-23-45(46)44-9-4-3-6-31(44)2/h3-29H,1-2H3,(H,50,54)(H,53,55)(H2,51,52,56)(H,57,58,59). The molecule has 8 rings (SSSR count). The average Bonchev–Trinajstić information content (AvgIpc) is 3.26. The van der Waals surface area contributed by atoms with E-state index in [9.17, 15) is 35.8 Å². The van der Waals surface area contributed by atoms with Gasteiger partial charge in [0.25, 0.3) is 21.9 Å². The monoisotopic (exact) mass is 890 g/mol. The highest BCUT2D eigenvalue weighted by Gasteiger charge is 2.20. The molecule has 0 fully saturated rings. The minimum absolute atomic E-state index is 0.132. The van der Waals surface area contributed by atoms with Gasteiger partial charge in [-0.05, 0) is 138 Å². The zero-order valence-corrected chi connectivity index (χ0v) is 35.8. The molecule has 0 saturated heterocycles. The second-order valence-corrected chi connectivity index (χ2v) is 17.9. The Kier molecular flexibility index (Phi) is 11.7. The quantitative estimate of drug-likeness (QED) is 0.0620. The summed E-state index contributed by atoms with van der Waals surface area (Å²) in [5.41, 5.74) is 5.04. The van der Waals surface area contributed by atoms with E-state index in [4.69, 9.17) is 4.18 Å². The number of anilines is 4. The third-order valence-electron chi connectivity index (χ3n) is 10.3. The lowest BCUT2D eigenvalue weighted by Gasteiger charge is -2.15. The Balaban J connectivity index is 0.943. The van der Waals surface area contributed by atoms with Gasteiger partial charge in [0, 0.05) is 33.8 Å². The maximum Gasteiger partial charge on any atom is 0.339 e. The summed E-state index contributed by atoms with van der Waals surface area (Å²) < 4.78 is 64.9. The predicted molar refractivity (Wildman–Crippen MR) is 248 cm³/mol. The number of amides is 4. The van der Waals surface area contributed by atoms with Gasteiger partial charge in [0.05, 0.1) is 10.6 Å². The van der Waals surface area contributed by atoms with Gasteiger partial charge in [-0.1, -0.05) is 78.4 Å². The van der Waals surface area contributed by atoms with Crippen LogP contribution in [0.2, 0.25) is 0 Å². The number of fused-ring (bicyclic) bond motifs is 2. The van der Waals surface area contributed by atoms with Crippen LogP contribution in [0.4, 0.5) is 27.5 Å². The molecule has 13 nitrogen and oxygen atoms in total. The summed E-state index contributed by atoms with van der Waals surface area (Å²) in [7, 11) is -8.74. The van der Waals surface area contributed by atoms with Crippen LogP contribution < -0.4 is 25.5 Å². The second-order valence-electron chi connectivity index (χ2n) is 14.9. The Morgan fingerprint density at radius 1 is 0.484 bits per heavy atom. The molecule has 8 aromatic carbocycles. The van der Waals surface area contributed by atoms with E-state index in [1.807, 2.05) is 38.1 Å². The van der Waals surface area contributed by atoms with Crippen molar-refractivity contribution < 1.29 is 40.0 Å². The molecule has 0 aliphatic carbocycles. The van der Waals surface area contributed by atoms with E-state index in [2.05, 4.69) is 21.3 Å². The van der Waals surface area contributed by atoms with E-state index in [0.29, 0.717) is 33.3 Å². The third kappa shape index (κ3) is 9.77. The highest BCUT2D eigenvalue weighted by Crippen LogP contribution is 2.33. The van der Waals surface area contributed by atoms with Crippen LogP contribution in [-0.2, 0) is 20.2 Å². The zero-order valence-electron chi connectivity index (χ0n) is 34.1. The summed E-state index contributed by atoms with van der Waals surface area (Å²) in [4.78, 5) is 39.7. The van der Waals surface area contributed by atoms with Gasteiger partial charge in [-0.15, -0.1) is 0 Å². The molecule has 8 aromatic rings. The van der Waals surface area contributed by atoms with Crippen LogP contribution >= 0.6 is 0 Å². The summed E-state index contributed by atoms with van der Waals surface area (Å²) in [5.74, 6) is -0.847. The van der Waals surface area contributed by atoms with Crippen LogP contribution in [0, 0.1) is 13.8 Å². The second kappa shape index (κ2) is 17.5. The molecule has 0 saturated carbocycles. The van der Waals surface area contributed by atoms with Crippen LogP contribution in [-0.4, -0.2) is 39.2 Å². The van der Waals surface area contributed by atoms with Crippen molar-refractivity contribution in [2.75, 3.05) is 21.3 Å². The molecule has 5 N–H and O–H groups in total. The molecule has 4 amide bonds. The first-order chi connectivity index (χ1) is 30.6. The summed E-state index contributed by atoms with van der Waals surface area (Å²) >= 11 is 0. The highest BCUT2D eigenvalue weighted by atomic mass is 32.2. The van der Waals surface area contributed by atoms with Crippen LogP contribution in [0.5, 0.6) is 5.75 Å². The molecular formula is C49H38N4O9S2. The molecule has 64 heavy (non-hydrogen) atoms. The lowest BCUT2D eigenvalue weighted by molar-refractivity contribution is 0.101. The Hall–Kier alpha value is -7.85. The number of nitrogens with one attached hydrogen (secondary N) is 4. The molecule has 0 atom stereocenters. The molecule has 0 spiro atoms. The summed E-state index contributed by atoms with van der Waals surface area (Å²) in [6, 6.07) is 43.7. The maximum atomic E-state index is 13.6. The first-order valence-electron chi connectivity index (χ1n) is 19.7. The Morgan fingerprint density at radius 3 is 1.67 bits per heavy atom. The number of rotatable bonds is 11. The Morgan fingerprint density at radius 2 is 1.06 bits per heavy atom. The molecule has 0 radical (unpaired) electrons. The normalized spacial score (nSPS) is 11.5. The minimum atomic E-state index is -4.56. The number of carbonyl (C=O) groups excluding carboxylic acids is 3. The van der Waals surface area contributed by atoms with E-state index >= 15 is 0 Å². The van der Waals surface area contributed by atoms with Crippen molar-refractivity contribution in [1.82, 2.24) is 0 Å². The molecule has 320 valence electrons. The Bertz CT molecular complexity index is 3390. The minimum Gasteiger partial charge on any atom is -0.379 e. The van der Waals surface area contributed by atoms with E-state index < -0.39 is 38.1 Å².